The zero-order valence-electron chi connectivity index (χ0n) is 18.4. The van der Waals surface area contributed by atoms with Crippen LogP contribution in [-0.4, -0.2) is 50.6 Å². The fourth-order valence-corrected chi connectivity index (χ4v) is 3.06. The summed E-state index contributed by atoms with van der Waals surface area (Å²) in [7, 11) is 0. The molecule has 176 valence electrons. The number of anilines is 1. The Hall–Kier alpha value is -2.89. The van der Waals surface area contributed by atoms with E-state index in [0.29, 0.717) is 37.1 Å². The van der Waals surface area contributed by atoms with Crippen LogP contribution in [0, 0.1) is 0 Å². The maximum Gasteiger partial charge on any atom is 0.417 e. The highest BCUT2D eigenvalue weighted by Gasteiger charge is 2.31. The lowest BCUT2D eigenvalue weighted by Crippen LogP contribution is -2.39. The third-order valence-electron chi connectivity index (χ3n) is 4.47. The molecule has 3 rings (SSSR count). The summed E-state index contributed by atoms with van der Waals surface area (Å²) in [4.78, 5) is 22.0. The van der Waals surface area contributed by atoms with Crippen LogP contribution in [0.15, 0.2) is 18.3 Å². The van der Waals surface area contributed by atoms with Gasteiger partial charge in [-0.3, -0.25) is 0 Å². The minimum Gasteiger partial charge on any atom is -0.444 e. The molecule has 0 saturated carbocycles. The molecule has 0 aromatic carbocycles. The van der Waals surface area contributed by atoms with Crippen LogP contribution in [0.5, 0.6) is 0 Å². The monoisotopic (exact) mass is 456 g/mol. The number of rotatable bonds is 6. The van der Waals surface area contributed by atoms with Crippen molar-refractivity contribution in [3.05, 3.63) is 35.5 Å². The highest BCUT2D eigenvalue weighted by molar-refractivity contribution is 5.68. The molecule has 12 heteroatoms. The predicted octanol–water partition coefficient (Wildman–Crippen LogP) is 3.14. The number of hydrogen-bond donors (Lipinski definition) is 1. The van der Waals surface area contributed by atoms with Crippen molar-refractivity contribution in [3.8, 4) is 0 Å². The van der Waals surface area contributed by atoms with Gasteiger partial charge in [-0.15, -0.1) is 0 Å². The van der Waals surface area contributed by atoms with Gasteiger partial charge in [0.25, 0.3) is 0 Å². The molecule has 1 aliphatic rings. The minimum atomic E-state index is -4.41. The van der Waals surface area contributed by atoms with E-state index in [-0.39, 0.29) is 19.3 Å². The SMILES string of the molecule is CC(COCc1nc2n(n1)CCN(c1ccc(C(F)(F)F)cn1)C2)NC(=O)OC(C)(C)C. The van der Waals surface area contributed by atoms with E-state index in [1.807, 2.05) is 4.90 Å². The van der Waals surface area contributed by atoms with Gasteiger partial charge in [0.05, 0.1) is 31.3 Å². The van der Waals surface area contributed by atoms with Crippen LogP contribution in [0.4, 0.5) is 23.8 Å². The Kier molecular flexibility index (Phi) is 6.91. The van der Waals surface area contributed by atoms with Crippen LogP contribution >= 0.6 is 0 Å². The quantitative estimate of drug-likeness (QED) is 0.714. The molecule has 32 heavy (non-hydrogen) atoms. The molecule has 1 amide bonds. The standard InChI is InChI=1S/C20H27F3N6O3/c1-13(25-18(30)32-19(2,3)4)11-31-12-15-26-17-10-28(7-8-29(17)27-15)16-6-5-14(9-24-16)20(21,22)23/h5-6,9,13H,7-8,10-12H2,1-4H3,(H,25,30). The average molecular weight is 456 g/mol. The van der Waals surface area contributed by atoms with Crippen molar-refractivity contribution in [1.82, 2.24) is 25.1 Å². The molecule has 0 aliphatic carbocycles. The molecular weight excluding hydrogens is 429 g/mol. The molecule has 1 aliphatic heterocycles. The largest absolute Gasteiger partial charge is 0.444 e. The molecule has 0 fully saturated rings. The average Bonchev–Trinajstić information content (AvgIpc) is 3.07. The lowest BCUT2D eigenvalue weighted by molar-refractivity contribution is -0.137. The molecule has 9 nitrogen and oxygen atoms in total. The number of alkyl carbamates (subject to hydrolysis) is 1. The Bertz CT molecular complexity index is 924. The number of alkyl halides is 3. The number of carbonyl (C=O) groups excluding carboxylic acids is 1. The third-order valence-corrected chi connectivity index (χ3v) is 4.47. The van der Waals surface area contributed by atoms with Crippen LogP contribution in [0.3, 0.4) is 0 Å². The van der Waals surface area contributed by atoms with Crippen molar-refractivity contribution in [2.24, 2.45) is 0 Å². The zero-order valence-corrected chi connectivity index (χ0v) is 18.4. The number of aromatic nitrogens is 4. The number of carbonyl (C=O) groups is 1. The second-order valence-corrected chi connectivity index (χ2v) is 8.55. The Morgan fingerprint density at radius 3 is 2.62 bits per heavy atom. The number of fused-ring (bicyclic) bond motifs is 1. The van der Waals surface area contributed by atoms with Crippen molar-refractivity contribution >= 4 is 11.9 Å². The Morgan fingerprint density at radius 1 is 1.25 bits per heavy atom. The van der Waals surface area contributed by atoms with Gasteiger partial charge in [-0.2, -0.15) is 18.3 Å². The topological polar surface area (TPSA) is 94.4 Å². The first-order chi connectivity index (χ1) is 14.9. The molecule has 0 radical (unpaired) electrons. The van der Waals surface area contributed by atoms with Gasteiger partial charge in [0, 0.05) is 12.7 Å². The molecular formula is C20H27F3N6O3. The number of hydrogen-bond acceptors (Lipinski definition) is 7. The van der Waals surface area contributed by atoms with Crippen LogP contribution in [0.2, 0.25) is 0 Å². The van der Waals surface area contributed by atoms with E-state index in [1.165, 1.54) is 6.07 Å². The van der Waals surface area contributed by atoms with E-state index in [0.717, 1.165) is 12.3 Å². The van der Waals surface area contributed by atoms with Gasteiger partial charge in [0.15, 0.2) is 5.82 Å². The van der Waals surface area contributed by atoms with E-state index in [1.54, 1.807) is 32.4 Å². The fraction of sp³-hybridized carbons (Fsp3) is 0.600. The second kappa shape index (κ2) is 9.31. The molecule has 1 unspecified atom stereocenters. The lowest BCUT2D eigenvalue weighted by atomic mass is 10.2. The third kappa shape index (κ3) is 6.55. The number of nitrogens with zero attached hydrogens (tertiary/aromatic N) is 5. The summed E-state index contributed by atoms with van der Waals surface area (Å²) in [6.07, 6.45) is -4.09. The molecule has 1 atom stereocenters. The van der Waals surface area contributed by atoms with E-state index < -0.39 is 23.4 Å². The lowest BCUT2D eigenvalue weighted by Gasteiger charge is -2.27. The summed E-state index contributed by atoms with van der Waals surface area (Å²) < 4.78 is 50.7. The maximum absolute atomic E-state index is 12.7. The van der Waals surface area contributed by atoms with E-state index in [4.69, 9.17) is 9.47 Å². The molecule has 0 bridgehead atoms. The van der Waals surface area contributed by atoms with Crippen LogP contribution in [0.1, 0.15) is 44.9 Å². The molecule has 1 N–H and O–H groups in total. The molecule has 0 saturated heterocycles. The van der Waals surface area contributed by atoms with E-state index in [9.17, 15) is 18.0 Å². The fourth-order valence-electron chi connectivity index (χ4n) is 3.06. The minimum absolute atomic E-state index is 0.166. The molecule has 2 aromatic rings. The number of ether oxygens (including phenoxy) is 2. The van der Waals surface area contributed by atoms with Crippen molar-refractivity contribution in [1.29, 1.82) is 0 Å². The van der Waals surface area contributed by atoms with Crippen LogP contribution < -0.4 is 10.2 Å². The van der Waals surface area contributed by atoms with Crippen molar-refractivity contribution < 1.29 is 27.4 Å². The first kappa shape index (κ1) is 23.8. The molecule has 2 aromatic heterocycles. The van der Waals surface area contributed by atoms with Gasteiger partial charge >= 0.3 is 12.3 Å². The van der Waals surface area contributed by atoms with Gasteiger partial charge < -0.3 is 19.7 Å². The summed E-state index contributed by atoms with van der Waals surface area (Å²) >= 11 is 0. The Morgan fingerprint density at radius 2 is 2.00 bits per heavy atom. The predicted molar refractivity (Wildman–Crippen MR) is 109 cm³/mol. The van der Waals surface area contributed by atoms with Gasteiger partial charge in [0.1, 0.15) is 23.9 Å². The molecule has 3 heterocycles. The Labute approximate surface area is 183 Å². The summed E-state index contributed by atoms with van der Waals surface area (Å²) in [6.45, 7) is 9.03. The first-order valence-electron chi connectivity index (χ1n) is 10.2. The first-order valence-corrected chi connectivity index (χ1v) is 10.2. The summed E-state index contributed by atoms with van der Waals surface area (Å²) in [5.74, 6) is 1.62. The highest BCUT2D eigenvalue weighted by atomic mass is 19.4. The smallest absolute Gasteiger partial charge is 0.417 e. The number of amides is 1. The van der Waals surface area contributed by atoms with Gasteiger partial charge in [-0.25, -0.2) is 19.4 Å². The van der Waals surface area contributed by atoms with Gasteiger partial charge in [-0.05, 0) is 39.8 Å². The van der Waals surface area contributed by atoms with Crippen molar-refractivity contribution in [3.63, 3.8) is 0 Å². The number of halogens is 3. The summed E-state index contributed by atoms with van der Waals surface area (Å²) in [5.41, 5.74) is -1.36. The summed E-state index contributed by atoms with van der Waals surface area (Å²) in [6, 6.07) is 2.12. The van der Waals surface area contributed by atoms with Gasteiger partial charge in [0.2, 0.25) is 0 Å². The van der Waals surface area contributed by atoms with Crippen LogP contribution in [0.25, 0.3) is 0 Å². The molecule has 0 spiro atoms. The number of nitrogens with one attached hydrogen (secondary N) is 1. The van der Waals surface area contributed by atoms with E-state index in [2.05, 4.69) is 20.4 Å². The van der Waals surface area contributed by atoms with Crippen LogP contribution in [-0.2, 0) is 35.3 Å². The van der Waals surface area contributed by atoms with E-state index >= 15 is 0 Å². The highest BCUT2D eigenvalue weighted by Crippen LogP contribution is 2.29. The zero-order chi connectivity index (χ0) is 23.5. The van der Waals surface area contributed by atoms with Crippen molar-refractivity contribution in [2.45, 2.75) is 65.2 Å². The normalized spacial score (nSPS) is 15.3. The maximum atomic E-state index is 12.7. The van der Waals surface area contributed by atoms with Crippen molar-refractivity contribution in [2.75, 3.05) is 18.1 Å². The second-order valence-electron chi connectivity index (χ2n) is 8.55. The number of pyridine rings is 1. The summed E-state index contributed by atoms with van der Waals surface area (Å²) in [5, 5.41) is 7.10. The van der Waals surface area contributed by atoms with Gasteiger partial charge in [-0.1, -0.05) is 0 Å². The Balaban J connectivity index is 1.49.